The van der Waals surface area contributed by atoms with Crippen LogP contribution < -0.4 is 5.73 Å². The van der Waals surface area contributed by atoms with E-state index in [0.717, 1.165) is 6.42 Å². The Bertz CT molecular complexity index is 410. The van der Waals surface area contributed by atoms with Gasteiger partial charge in [-0.1, -0.05) is 20.3 Å². The minimum atomic E-state index is -3.18. The van der Waals surface area contributed by atoms with Crippen LogP contribution in [-0.4, -0.2) is 62.0 Å². The van der Waals surface area contributed by atoms with Crippen LogP contribution in [-0.2, 0) is 14.8 Å². The van der Waals surface area contributed by atoms with Gasteiger partial charge in [-0.25, -0.2) is 12.7 Å². The number of hydrogen-bond acceptors (Lipinski definition) is 4. The third-order valence-electron chi connectivity index (χ3n) is 3.78. The van der Waals surface area contributed by atoms with Crippen LogP contribution in [0.15, 0.2) is 0 Å². The number of amides is 1. The van der Waals surface area contributed by atoms with E-state index in [0.29, 0.717) is 32.6 Å². The fraction of sp³-hybridized carbons (Fsp3) is 0.917. The maximum atomic E-state index is 12.2. The van der Waals surface area contributed by atoms with Crippen molar-refractivity contribution in [1.29, 1.82) is 0 Å². The number of hydrogen-bond donors (Lipinski definition) is 1. The van der Waals surface area contributed by atoms with Crippen molar-refractivity contribution in [3.63, 3.8) is 0 Å². The standard InChI is InChI=1S/C12H25N3O3S/c1-4-10(2)11(13)12(16)14-6-5-7-15(9-8-14)19(3,17)18/h10-11H,4-9,13H2,1-3H3. The summed E-state index contributed by atoms with van der Waals surface area (Å²) in [5.74, 6) is 0.0754. The SMILES string of the molecule is CCC(C)C(N)C(=O)N1CCCN(S(C)(=O)=O)CC1. The van der Waals surface area contributed by atoms with Gasteiger partial charge in [0.05, 0.1) is 12.3 Å². The van der Waals surface area contributed by atoms with Crippen molar-refractivity contribution in [3.8, 4) is 0 Å². The molecular formula is C12H25N3O3S. The number of nitrogens with zero attached hydrogens (tertiary/aromatic N) is 2. The third kappa shape index (κ3) is 4.43. The molecule has 0 aromatic heterocycles. The van der Waals surface area contributed by atoms with Gasteiger partial charge in [-0.15, -0.1) is 0 Å². The summed E-state index contributed by atoms with van der Waals surface area (Å²) in [4.78, 5) is 13.9. The van der Waals surface area contributed by atoms with Gasteiger partial charge in [0.25, 0.3) is 0 Å². The molecule has 1 fully saturated rings. The van der Waals surface area contributed by atoms with Crippen molar-refractivity contribution in [2.45, 2.75) is 32.7 Å². The van der Waals surface area contributed by atoms with E-state index in [-0.39, 0.29) is 11.8 Å². The molecule has 112 valence electrons. The van der Waals surface area contributed by atoms with Gasteiger partial charge in [-0.05, 0) is 12.3 Å². The molecule has 0 spiro atoms. The Hall–Kier alpha value is -0.660. The smallest absolute Gasteiger partial charge is 0.239 e. The van der Waals surface area contributed by atoms with Gasteiger partial charge < -0.3 is 10.6 Å². The lowest BCUT2D eigenvalue weighted by Crippen LogP contribution is -2.48. The summed E-state index contributed by atoms with van der Waals surface area (Å²) in [6.07, 6.45) is 2.72. The van der Waals surface area contributed by atoms with E-state index in [1.807, 2.05) is 13.8 Å². The minimum Gasteiger partial charge on any atom is -0.340 e. The van der Waals surface area contributed by atoms with Crippen molar-refractivity contribution in [2.75, 3.05) is 32.4 Å². The zero-order valence-electron chi connectivity index (χ0n) is 12.0. The maximum Gasteiger partial charge on any atom is 0.239 e. The highest BCUT2D eigenvalue weighted by molar-refractivity contribution is 7.88. The zero-order chi connectivity index (χ0) is 14.6. The predicted octanol–water partition coefficient (Wildman–Crippen LogP) is -0.146. The Morgan fingerprint density at radius 1 is 1.26 bits per heavy atom. The molecule has 2 N–H and O–H groups in total. The molecule has 0 bridgehead atoms. The van der Waals surface area contributed by atoms with Crippen molar-refractivity contribution >= 4 is 15.9 Å². The third-order valence-corrected chi connectivity index (χ3v) is 5.08. The van der Waals surface area contributed by atoms with E-state index in [9.17, 15) is 13.2 Å². The highest BCUT2D eigenvalue weighted by Crippen LogP contribution is 2.12. The summed E-state index contributed by atoms with van der Waals surface area (Å²) in [6, 6.07) is -0.491. The lowest BCUT2D eigenvalue weighted by atomic mass is 9.99. The Balaban J connectivity index is 2.65. The number of carbonyl (C=O) groups is 1. The zero-order valence-corrected chi connectivity index (χ0v) is 12.8. The largest absolute Gasteiger partial charge is 0.340 e. The Labute approximate surface area is 116 Å². The van der Waals surface area contributed by atoms with Crippen LogP contribution in [0.1, 0.15) is 26.7 Å². The second-order valence-electron chi connectivity index (χ2n) is 5.25. The molecule has 0 saturated carbocycles. The van der Waals surface area contributed by atoms with Gasteiger partial charge in [0.1, 0.15) is 0 Å². The fourth-order valence-electron chi connectivity index (χ4n) is 2.15. The second-order valence-corrected chi connectivity index (χ2v) is 7.23. The lowest BCUT2D eigenvalue weighted by molar-refractivity contribution is -0.133. The van der Waals surface area contributed by atoms with Crippen molar-refractivity contribution in [3.05, 3.63) is 0 Å². The first-order chi connectivity index (χ1) is 8.77. The van der Waals surface area contributed by atoms with E-state index in [1.165, 1.54) is 10.6 Å². The van der Waals surface area contributed by atoms with Crippen LogP contribution in [0.2, 0.25) is 0 Å². The molecule has 19 heavy (non-hydrogen) atoms. The molecule has 7 heteroatoms. The molecule has 1 amide bonds. The van der Waals surface area contributed by atoms with Crippen LogP contribution in [0, 0.1) is 5.92 Å². The number of carbonyl (C=O) groups excluding carboxylic acids is 1. The van der Waals surface area contributed by atoms with Gasteiger partial charge >= 0.3 is 0 Å². The molecule has 1 aliphatic rings. The normalized spacial score (nSPS) is 21.8. The average Bonchev–Trinajstić information content (AvgIpc) is 2.61. The molecule has 0 aromatic carbocycles. The molecule has 1 aliphatic heterocycles. The second kappa shape index (κ2) is 6.67. The first-order valence-electron chi connectivity index (χ1n) is 6.76. The Morgan fingerprint density at radius 2 is 1.89 bits per heavy atom. The van der Waals surface area contributed by atoms with Gasteiger partial charge in [0.2, 0.25) is 15.9 Å². The molecule has 2 unspecified atom stereocenters. The van der Waals surface area contributed by atoms with E-state index in [1.54, 1.807) is 4.90 Å². The average molecular weight is 291 g/mol. The van der Waals surface area contributed by atoms with Gasteiger partial charge in [-0.3, -0.25) is 4.79 Å². The molecule has 1 rings (SSSR count). The molecule has 1 saturated heterocycles. The molecule has 0 aliphatic carbocycles. The van der Waals surface area contributed by atoms with E-state index < -0.39 is 16.1 Å². The Kier molecular flexibility index (Phi) is 5.76. The van der Waals surface area contributed by atoms with Gasteiger partial charge in [0, 0.05) is 26.2 Å². The highest BCUT2D eigenvalue weighted by atomic mass is 32.2. The fourth-order valence-corrected chi connectivity index (χ4v) is 3.03. The topological polar surface area (TPSA) is 83.7 Å². The Morgan fingerprint density at radius 3 is 2.42 bits per heavy atom. The summed E-state index contributed by atoms with van der Waals surface area (Å²) in [7, 11) is -3.18. The summed E-state index contributed by atoms with van der Waals surface area (Å²) in [5.41, 5.74) is 5.95. The first kappa shape index (κ1) is 16.4. The summed E-state index contributed by atoms with van der Waals surface area (Å²) in [6.45, 7) is 5.80. The number of nitrogens with two attached hydrogens (primary N) is 1. The van der Waals surface area contributed by atoms with Crippen molar-refractivity contribution in [1.82, 2.24) is 9.21 Å². The summed E-state index contributed by atoms with van der Waals surface area (Å²) >= 11 is 0. The predicted molar refractivity (Wildman–Crippen MR) is 75.0 cm³/mol. The first-order valence-corrected chi connectivity index (χ1v) is 8.61. The van der Waals surface area contributed by atoms with Crippen LogP contribution in [0.4, 0.5) is 0 Å². The molecular weight excluding hydrogens is 266 g/mol. The highest BCUT2D eigenvalue weighted by Gasteiger charge is 2.28. The molecule has 0 aromatic rings. The summed E-state index contributed by atoms with van der Waals surface area (Å²) in [5, 5.41) is 0. The van der Waals surface area contributed by atoms with E-state index in [2.05, 4.69) is 0 Å². The van der Waals surface area contributed by atoms with Crippen LogP contribution in [0.5, 0.6) is 0 Å². The minimum absolute atomic E-state index is 0.0651. The summed E-state index contributed by atoms with van der Waals surface area (Å²) < 4.78 is 24.4. The van der Waals surface area contributed by atoms with Crippen LogP contribution >= 0.6 is 0 Å². The van der Waals surface area contributed by atoms with Gasteiger partial charge in [0.15, 0.2) is 0 Å². The number of rotatable bonds is 4. The van der Waals surface area contributed by atoms with Crippen molar-refractivity contribution in [2.24, 2.45) is 11.7 Å². The molecule has 2 atom stereocenters. The molecule has 1 heterocycles. The van der Waals surface area contributed by atoms with Crippen molar-refractivity contribution < 1.29 is 13.2 Å². The molecule has 6 nitrogen and oxygen atoms in total. The van der Waals surface area contributed by atoms with Crippen LogP contribution in [0.3, 0.4) is 0 Å². The van der Waals surface area contributed by atoms with Gasteiger partial charge in [-0.2, -0.15) is 0 Å². The quantitative estimate of drug-likeness (QED) is 0.781. The molecule has 0 radical (unpaired) electrons. The monoisotopic (exact) mass is 291 g/mol. The van der Waals surface area contributed by atoms with E-state index >= 15 is 0 Å². The maximum absolute atomic E-state index is 12.2. The number of sulfonamides is 1. The lowest BCUT2D eigenvalue weighted by Gasteiger charge is -2.26. The van der Waals surface area contributed by atoms with Crippen LogP contribution in [0.25, 0.3) is 0 Å². The van der Waals surface area contributed by atoms with E-state index in [4.69, 9.17) is 5.73 Å².